The maximum absolute atomic E-state index is 6.94. The normalized spacial score (nSPS) is 14.3. The van der Waals surface area contributed by atoms with E-state index in [9.17, 15) is 0 Å². The van der Waals surface area contributed by atoms with E-state index in [1.165, 1.54) is 66.4 Å². The first-order valence-electron chi connectivity index (χ1n) is 21.1. The van der Waals surface area contributed by atoms with Crippen LogP contribution in [0.25, 0.3) is 77.2 Å². The van der Waals surface area contributed by atoms with Crippen molar-refractivity contribution in [1.29, 1.82) is 0 Å². The molecule has 0 saturated heterocycles. The lowest BCUT2D eigenvalue weighted by atomic mass is 9.82. The smallest absolute Gasteiger partial charge is 0.143 e. The van der Waals surface area contributed by atoms with Crippen molar-refractivity contribution in [2.24, 2.45) is 0 Å². The van der Waals surface area contributed by atoms with Crippen LogP contribution in [-0.2, 0) is 10.8 Å². The first-order chi connectivity index (χ1) is 29.3. The molecule has 1 heterocycles. The number of anilines is 3. The summed E-state index contributed by atoms with van der Waals surface area (Å²) in [5.74, 6) is 0. The topological polar surface area (TPSA) is 16.4 Å². The molecule has 0 radical (unpaired) electrons. The van der Waals surface area contributed by atoms with Crippen LogP contribution in [-0.4, -0.2) is 0 Å². The van der Waals surface area contributed by atoms with E-state index in [1.54, 1.807) is 0 Å². The predicted molar refractivity (Wildman–Crippen MR) is 252 cm³/mol. The van der Waals surface area contributed by atoms with Gasteiger partial charge < -0.3 is 9.32 Å². The van der Waals surface area contributed by atoms with Crippen molar-refractivity contribution in [3.63, 3.8) is 0 Å². The van der Waals surface area contributed by atoms with Crippen LogP contribution in [0.15, 0.2) is 192 Å². The standard InChI is InChI=1S/C58H43NO/c1-57(2)50-20-12-10-18-44(50)46-29-26-41(34-52(46)57)59(42-27-30-47-45-19-11-13-21-51(45)58(3,4)53(47)35-42)40-28-31-54-48(33-40)49-32-39-16-8-9-17-43(39)55(56(49)60-54)38-24-22-37(23-25-38)36-14-6-5-7-15-36/h5-35H,1-4H3. The zero-order valence-electron chi connectivity index (χ0n) is 34.3. The summed E-state index contributed by atoms with van der Waals surface area (Å²) in [6.07, 6.45) is 0. The summed E-state index contributed by atoms with van der Waals surface area (Å²) in [6, 6.07) is 69.2. The molecule has 0 N–H and O–H groups in total. The summed E-state index contributed by atoms with van der Waals surface area (Å²) >= 11 is 0. The molecular weight excluding hydrogens is 727 g/mol. The highest BCUT2D eigenvalue weighted by atomic mass is 16.3. The Morgan fingerprint density at radius 2 is 0.867 bits per heavy atom. The van der Waals surface area contributed by atoms with Gasteiger partial charge in [-0.05, 0) is 121 Å². The number of fused-ring (bicyclic) bond motifs is 10. The zero-order valence-corrected chi connectivity index (χ0v) is 34.3. The second kappa shape index (κ2) is 12.7. The van der Waals surface area contributed by atoms with E-state index < -0.39 is 0 Å². The van der Waals surface area contributed by atoms with Crippen molar-refractivity contribution >= 4 is 49.8 Å². The monoisotopic (exact) mass is 769 g/mol. The summed E-state index contributed by atoms with van der Waals surface area (Å²) in [6.45, 7) is 9.45. The molecule has 0 saturated carbocycles. The first kappa shape index (κ1) is 34.8. The fourth-order valence-electron chi connectivity index (χ4n) is 10.6. The van der Waals surface area contributed by atoms with Crippen LogP contribution in [0.1, 0.15) is 49.9 Å². The van der Waals surface area contributed by atoms with Gasteiger partial charge in [0.2, 0.25) is 0 Å². The number of hydrogen-bond acceptors (Lipinski definition) is 2. The molecule has 0 spiro atoms. The highest BCUT2D eigenvalue weighted by Gasteiger charge is 2.38. The van der Waals surface area contributed by atoms with E-state index in [1.807, 2.05) is 0 Å². The largest absolute Gasteiger partial charge is 0.455 e. The van der Waals surface area contributed by atoms with Crippen LogP contribution in [0, 0.1) is 0 Å². The molecule has 2 nitrogen and oxygen atoms in total. The Hall–Kier alpha value is -7.16. The minimum absolute atomic E-state index is 0.128. The Labute approximate surface area is 351 Å². The highest BCUT2D eigenvalue weighted by molar-refractivity contribution is 6.19. The summed E-state index contributed by atoms with van der Waals surface area (Å²) in [5, 5.41) is 4.59. The van der Waals surface area contributed by atoms with Crippen molar-refractivity contribution in [3.05, 3.63) is 210 Å². The Morgan fingerprint density at radius 3 is 1.52 bits per heavy atom. The van der Waals surface area contributed by atoms with E-state index in [0.717, 1.165) is 50.1 Å². The van der Waals surface area contributed by atoms with E-state index in [0.29, 0.717) is 0 Å². The van der Waals surface area contributed by atoms with Gasteiger partial charge in [-0.15, -0.1) is 0 Å². The molecule has 12 rings (SSSR count). The second-order valence-electron chi connectivity index (χ2n) is 17.7. The van der Waals surface area contributed by atoms with Gasteiger partial charge in [-0.2, -0.15) is 0 Å². The van der Waals surface area contributed by atoms with Crippen LogP contribution in [0.4, 0.5) is 17.1 Å². The lowest BCUT2D eigenvalue weighted by Gasteiger charge is -2.29. The molecule has 10 aromatic rings. The molecule has 2 heteroatoms. The zero-order chi connectivity index (χ0) is 40.3. The molecule has 9 aromatic carbocycles. The molecular formula is C58H43NO. The van der Waals surface area contributed by atoms with Crippen molar-refractivity contribution in [1.82, 2.24) is 0 Å². The fraction of sp³-hybridized carbons (Fsp3) is 0.103. The minimum Gasteiger partial charge on any atom is -0.455 e. The molecule has 0 amide bonds. The maximum Gasteiger partial charge on any atom is 0.143 e. The lowest BCUT2D eigenvalue weighted by molar-refractivity contribution is 0.660. The molecule has 0 bridgehead atoms. The van der Waals surface area contributed by atoms with Gasteiger partial charge in [0, 0.05) is 44.2 Å². The molecule has 2 aliphatic rings. The van der Waals surface area contributed by atoms with Gasteiger partial charge in [-0.3, -0.25) is 0 Å². The number of hydrogen-bond donors (Lipinski definition) is 0. The van der Waals surface area contributed by atoms with Gasteiger partial charge in [0.1, 0.15) is 11.2 Å². The first-order valence-corrected chi connectivity index (χ1v) is 21.1. The quantitative estimate of drug-likeness (QED) is 0.173. The molecule has 0 atom stereocenters. The highest BCUT2D eigenvalue weighted by Crippen LogP contribution is 2.53. The average Bonchev–Trinajstić information content (AvgIpc) is 3.85. The van der Waals surface area contributed by atoms with Crippen molar-refractivity contribution in [2.45, 2.75) is 38.5 Å². The van der Waals surface area contributed by atoms with Crippen LogP contribution in [0.2, 0.25) is 0 Å². The van der Waals surface area contributed by atoms with E-state index in [2.05, 4.69) is 221 Å². The third-order valence-electron chi connectivity index (χ3n) is 13.7. The summed E-state index contributed by atoms with van der Waals surface area (Å²) < 4.78 is 6.94. The van der Waals surface area contributed by atoms with E-state index >= 15 is 0 Å². The molecule has 0 aliphatic heterocycles. The molecule has 0 fully saturated rings. The van der Waals surface area contributed by atoms with Gasteiger partial charge in [-0.25, -0.2) is 0 Å². The van der Waals surface area contributed by atoms with Crippen LogP contribution in [0.3, 0.4) is 0 Å². The predicted octanol–water partition coefficient (Wildman–Crippen LogP) is 16.2. The Bertz CT molecular complexity index is 3260. The molecule has 1 aromatic heterocycles. The minimum atomic E-state index is -0.128. The third-order valence-corrected chi connectivity index (χ3v) is 13.7. The molecule has 60 heavy (non-hydrogen) atoms. The molecule has 0 unspecified atom stereocenters. The van der Waals surface area contributed by atoms with Crippen LogP contribution >= 0.6 is 0 Å². The average molecular weight is 770 g/mol. The summed E-state index contributed by atoms with van der Waals surface area (Å²) in [5.41, 5.74) is 20.3. The Morgan fingerprint density at radius 1 is 0.367 bits per heavy atom. The van der Waals surface area contributed by atoms with Gasteiger partial charge in [0.15, 0.2) is 0 Å². The van der Waals surface area contributed by atoms with E-state index in [-0.39, 0.29) is 10.8 Å². The SMILES string of the molecule is CC1(C)c2ccccc2-c2ccc(N(c3ccc4c(c3)C(C)(C)c3ccccc3-4)c3ccc4oc5c(-c6ccc(-c7ccccc7)cc6)c6ccccc6cc5c4c3)cc21. The Balaban J connectivity index is 1.06. The van der Waals surface area contributed by atoms with Crippen LogP contribution < -0.4 is 4.90 Å². The summed E-state index contributed by atoms with van der Waals surface area (Å²) in [4.78, 5) is 2.46. The van der Waals surface area contributed by atoms with E-state index in [4.69, 9.17) is 4.42 Å². The Kier molecular flexibility index (Phi) is 7.36. The third kappa shape index (κ3) is 5.01. The lowest BCUT2D eigenvalue weighted by Crippen LogP contribution is -2.18. The molecule has 286 valence electrons. The van der Waals surface area contributed by atoms with Crippen molar-refractivity contribution in [3.8, 4) is 44.5 Å². The maximum atomic E-state index is 6.94. The number of nitrogens with zero attached hydrogens (tertiary/aromatic N) is 1. The number of furan rings is 1. The van der Waals surface area contributed by atoms with Gasteiger partial charge in [0.05, 0.1) is 0 Å². The number of benzene rings is 9. The van der Waals surface area contributed by atoms with Crippen LogP contribution in [0.5, 0.6) is 0 Å². The van der Waals surface area contributed by atoms with Gasteiger partial charge >= 0.3 is 0 Å². The van der Waals surface area contributed by atoms with Gasteiger partial charge in [-0.1, -0.05) is 167 Å². The molecule has 2 aliphatic carbocycles. The second-order valence-corrected chi connectivity index (χ2v) is 17.7. The number of rotatable bonds is 5. The van der Waals surface area contributed by atoms with Crippen molar-refractivity contribution in [2.75, 3.05) is 4.90 Å². The van der Waals surface area contributed by atoms with Crippen molar-refractivity contribution < 1.29 is 4.42 Å². The summed E-state index contributed by atoms with van der Waals surface area (Å²) in [7, 11) is 0. The fourth-order valence-corrected chi connectivity index (χ4v) is 10.6. The van der Waals surface area contributed by atoms with Gasteiger partial charge in [0.25, 0.3) is 0 Å².